The molecule has 32 heavy (non-hydrogen) atoms. The average molecular weight is 435 g/mol. The van der Waals surface area contributed by atoms with E-state index < -0.39 is 0 Å². The molecule has 2 N–H and O–H groups in total. The topological polar surface area (TPSA) is 91.3 Å². The summed E-state index contributed by atoms with van der Waals surface area (Å²) in [7, 11) is 0. The average Bonchev–Trinajstić information content (AvgIpc) is 3.35. The molecule has 1 aliphatic heterocycles. The smallest absolute Gasteiger partial charge is 0.163 e. The van der Waals surface area contributed by atoms with Crippen LogP contribution in [0.3, 0.4) is 0 Å². The molecule has 3 heterocycles. The lowest BCUT2D eigenvalue weighted by Crippen LogP contribution is -2.36. The Morgan fingerprint density at radius 2 is 1.75 bits per heavy atom. The van der Waals surface area contributed by atoms with Gasteiger partial charge in [-0.05, 0) is 55.9 Å². The summed E-state index contributed by atoms with van der Waals surface area (Å²) in [6, 6.07) is 8.80. The minimum atomic E-state index is 0.343. The molecule has 8 nitrogen and oxygen atoms in total. The molecule has 0 amide bonds. The van der Waals surface area contributed by atoms with E-state index >= 15 is 0 Å². The van der Waals surface area contributed by atoms with Crippen molar-refractivity contribution in [2.45, 2.75) is 31.7 Å². The summed E-state index contributed by atoms with van der Waals surface area (Å²) in [6.45, 7) is 4.08. The summed E-state index contributed by atoms with van der Waals surface area (Å²) in [5.74, 6) is 1.24. The minimum absolute atomic E-state index is 0.343. The summed E-state index contributed by atoms with van der Waals surface area (Å²) < 4.78 is 13.5. The summed E-state index contributed by atoms with van der Waals surface area (Å²) in [4.78, 5) is 11.0. The van der Waals surface area contributed by atoms with Gasteiger partial charge in [0.1, 0.15) is 12.0 Å². The number of nitrogens with two attached hydrogens (primary N) is 1. The van der Waals surface area contributed by atoms with Gasteiger partial charge in [-0.1, -0.05) is 0 Å². The molecule has 2 aliphatic rings. The van der Waals surface area contributed by atoms with Crippen molar-refractivity contribution in [2.24, 2.45) is 11.7 Å². The number of aromatic nitrogens is 4. The van der Waals surface area contributed by atoms with Gasteiger partial charge < -0.3 is 20.1 Å². The number of benzene rings is 1. The molecule has 0 bridgehead atoms. The first-order valence-corrected chi connectivity index (χ1v) is 11.4. The number of rotatable bonds is 6. The fourth-order valence-electron chi connectivity index (χ4n) is 4.43. The first-order valence-electron chi connectivity index (χ1n) is 11.4. The Labute approximate surface area is 188 Å². The number of hydrogen-bond acceptors (Lipinski definition) is 7. The van der Waals surface area contributed by atoms with Crippen LogP contribution in [0.1, 0.15) is 25.7 Å². The van der Waals surface area contributed by atoms with Gasteiger partial charge in [0.05, 0.1) is 37.9 Å². The van der Waals surface area contributed by atoms with Crippen LogP contribution in [0.15, 0.2) is 49.2 Å². The van der Waals surface area contributed by atoms with Crippen molar-refractivity contribution in [3.8, 4) is 22.7 Å². The second-order valence-electron chi connectivity index (χ2n) is 8.62. The molecule has 3 aromatic rings. The lowest BCUT2D eigenvalue weighted by Gasteiger charge is -2.28. The Hall–Kier alpha value is -2.97. The fourth-order valence-corrected chi connectivity index (χ4v) is 4.43. The van der Waals surface area contributed by atoms with Crippen LogP contribution >= 0.6 is 0 Å². The fraction of sp³-hybridized carbons (Fsp3) is 0.458. The molecule has 0 radical (unpaired) electrons. The molecule has 2 aromatic heterocycles. The van der Waals surface area contributed by atoms with Crippen LogP contribution in [-0.2, 0) is 4.74 Å². The molecule has 0 atom stereocenters. The van der Waals surface area contributed by atoms with E-state index in [9.17, 15) is 0 Å². The number of nitrogens with zero attached hydrogens (tertiary/aromatic N) is 5. The summed E-state index contributed by atoms with van der Waals surface area (Å²) >= 11 is 0. The Morgan fingerprint density at radius 3 is 2.53 bits per heavy atom. The van der Waals surface area contributed by atoms with E-state index in [1.165, 1.54) is 5.69 Å². The Balaban J connectivity index is 1.28. The highest BCUT2D eigenvalue weighted by molar-refractivity contribution is 5.64. The Bertz CT molecular complexity index is 1010. The highest BCUT2D eigenvalue weighted by Crippen LogP contribution is 2.30. The van der Waals surface area contributed by atoms with Crippen molar-refractivity contribution in [2.75, 3.05) is 37.8 Å². The number of anilines is 1. The molecule has 2 fully saturated rings. The normalized spacial score (nSPS) is 21.5. The zero-order valence-corrected chi connectivity index (χ0v) is 18.3. The molecule has 168 valence electrons. The van der Waals surface area contributed by atoms with Crippen LogP contribution in [0.4, 0.5) is 5.69 Å². The van der Waals surface area contributed by atoms with Crippen molar-refractivity contribution in [3.63, 3.8) is 0 Å². The second-order valence-corrected chi connectivity index (χ2v) is 8.62. The van der Waals surface area contributed by atoms with Crippen LogP contribution in [0, 0.1) is 5.92 Å². The van der Waals surface area contributed by atoms with Gasteiger partial charge in [-0.3, -0.25) is 0 Å². The van der Waals surface area contributed by atoms with Gasteiger partial charge in [0.2, 0.25) is 0 Å². The molecule has 0 spiro atoms. The van der Waals surface area contributed by atoms with Crippen LogP contribution in [0.25, 0.3) is 16.9 Å². The van der Waals surface area contributed by atoms with E-state index in [1.807, 2.05) is 17.1 Å². The van der Waals surface area contributed by atoms with Crippen molar-refractivity contribution in [1.82, 2.24) is 19.7 Å². The maximum Gasteiger partial charge on any atom is 0.163 e. The second kappa shape index (κ2) is 9.67. The zero-order chi connectivity index (χ0) is 21.8. The van der Waals surface area contributed by atoms with Gasteiger partial charge in [0.25, 0.3) is 0 Å². The molecule has 1 saturated carbocycles. The monoisotopic (exact) mass is 434 g/mol. The molecule has 8 heteroatoms. The highest BCUT2D eigenvalue weighted by Gasteiger charge is 2.20. The summed E-state index contributed by atoms with van der Waals surface area (Å²) in [6.07, 6.45) is 11.5. The molecular formula is C24H30N6O2. The molecule has 1 saturated heterocycles. The lowest BCUT2D eigenvalue weighted by molar-refractivity contribution is 0.122. The minimum Gasteiger partial charge on any atom is -0.489 e. The maximum absolute atomic E-state index is 6.15. The van der Waals surface area contributed by atoms with Crippen molar-refractivity contribution in [1.29, 1.82) is 0 Å². The van der Waals surface area contributed by atoms with Gasteiger partial charge in [-0.25, -0.2) is 14.6 Å². The Kier molecular flexibility index (Phi) is 6.31. The maximum atomic E-state index is 6.15. The quantitative estimate of drug-likeness (QED) is 0.637. The zero-order valence-electron chi connectivity index (χ0n) is 18.3. The van der Waals surface area contributed by atoms with Crippen LogP contribution in [-0.4, -0.2) is 58.7 Å². The molecule has 0 unspecified atom stereocenters. The van der Waals surface area contributed by atoms with Crippen molar-refractivity contribution < 1.29 is 9.47 Å². The van der Waals surface area contributed by atoms with E-state index in [1.54, 1.807) is 12.5 Å². The lowest BCUT2D eigenvalue weighted by atomic mass is 9.87. The third kappa shape index (κ3) is 4.76. The first-order chi connectivity index (χ1) is 15.8. The van der Waals surface area contributed by atoms with E-state index in [0.29, 0.717) is 24.3 Å². The van der Waals surface area contributed by atoms with Crippen LogP contribution in [0.5, 0.6) is 5.75 Å². The van der Waals surface area contributed by atoms with Gasteiger partial charge in [0, 0.05) is 36.6 Å². The third-order valence-electron chi connectivity index (χ3n) is 6.39. The van der Waals surface area contributed by atoms with E-state index in [-0.39, 0.29) is 0 Å². The van der Waals surface area contributed by atoms with Crippen LogP contribution < -0.4 is 15.4 Å². The van der Waals surface area contributed by atoms with Gasteiger partial charge in [0.15, 0.2) is 5.75 Å². The van der Waals surface area contributed by atoms with E-state index in [0.717, 1.165) is 68.9 Å². The number of ether oxygens (including phenoxy) is 2. The largest absolute Gasteiger partial charge is 0.489 e. The van der Waals surface area contributed by atoms with Crippen molar-refractivity contribution >= 4 is 5.69 Å². The van der Waals surface area contributed by atoms with Crippen LogP contribution in [0.2, 0.25) is 0 Å². The number of morpholine rings is 1. The molecular weight excluding hydrogens is 404 g/mol. The summed E-state index contributed by atoms with van der Waals surface area (Å²) in [5, 5.41) is 4.56. The summed E-state index contributed by atoms with van der Waals surface area (Å²) in [5.41, 5.74) is 9.91. The Morgan fingerprint density at radius 1 is 1.00 bits per heavy atom. The van der Waals surface area contributed by atoms with Gasteiger partial charge in [-0.15, -0.1) is 0 Å². The van der Waals surface area contributed by atoms with Gasteiger partial charge in [-0.2, -0.15) is 5.10 Å². The van der Waals surface area contributed by atoms with Gasteiger partial charge >= 0.3 is 0 Å². The third-order valence-corrected chi connectivity index (χ3v) is 6.39. The number of hydrogen-bond donors (Lipinski definition) is 1. The molecule has 1 aromatic carbocycles. The standard InChI is InChI=1S/C24H30N6O2/c25-20-3-1-18(2-4-20)16-32-23-14-26-17-27-24(23)19-13-28-30(15-19)22-7-5-21(6-8-22)29-9-11-31-12-10-29/h5-8,13-15,17-18,20H,1-4,9-12,16,25H2/t18-,20+. The van der Waals surface area contributed by atoms with Crippen molar-refractivity contribution in [3.05, 3.63) is 49.2 Å². The van der Waals surface area contributed by atoms with E-state index in [2.05, 4.69) is 44.2 Å². The van der Waals surface area contributed by atoms with E-state index in [4.69, 9.17) is 15.2 Å². The highest BCUT2D eigenvalue weighted by atomic mass is 16.5. The predicted octanol–water partition coefficient (Wildman–Crippen LogP) is 3.06. The predicted molar refractivity (Wildman–Crippen MR) is 123 cm³/mol. The first kappa shape index (κ1) is 20.9. The molecule has 5 rings (SSSR count). The SMILES string of the molecule is N[C@H]1CC[C@@H](COc2cncnc2-c2cnn(-c3ccc(N4CCOCC4)cc3)c2)CC1. The molecule has 1 aliphatic carbocycles.